The van der Waals surface area contributed by atoms with E-state index >= 15 is 0 Å². The Hall–Kier alpha value is -0.680. The fraction of sp³-hybridized carbons (Fsp3) is 0.333. The van der Waals surface area contributed by atoms with Gasteiger partial charge < -0.3 is 5.11 Å². The van der Waals surface area contributed by atoms with Gasteiger partial charge in [-0.05, 0) is 24.6 Å². The van der Waals surface area contributed by atoms with E-state index in [9.17, 15) is 18.3 Å². The molecule has 1 N–H and O–H groups in total. The largest absolute Gasteiger partial charge is 0.421 e. The normalized spacial score (nSPS) is 16.4. The van der Waals surface area contributed by atoms with Gasteiger partial charge in [-0.3, -0.25) is 0 Å². The predicted molar refractivity (Wildman–Crippen MR) is 49.3 cm³/mol. The number of rotatable bonds is 1. The summed E-state index contributed by atoms with van der Waals surface area (Å²) >= 11 is 3.94. The standard InChI is InChI=1S/C9H9F3OS/c1-8(13,9(10,11)12)6-2-4-7(14)5-3-6/h2-5,13-14H,1H3/t8-/m0/s1. The smallest absolute Gasteiger partial charge is 0.376 e. The number of alkyl halides is 3. The Kier molecular flexibility index (Phi) is 2.83. The molecule has 0 aliphatic rings. The van der Waals surface area contributed by atoms with E-state index in [-0.39, 0.29) is 5.56 Å². The number of hydrogen-bond acceptors (Lipinski definition) is 2. The van der Waals surface area contributed by atoms with Gasteiger partial charge >= 0.3 is 6.18 Å². The van der Waals surface area contributed by atoms with Crippen LogP contribution in [0.4, 0.5) is 13.2 Å². The van der Waals surface area contributed by atoms with Crippen LogP contribution in [0, 0.1) is 0 Å². The van der Waals surface area contributed by atoms with E-state index in [2.05, 4.69) is 12.6 Å². The molecule has 14 heavy (non-hydrogen) atoms. The van der Waals surface area contributed by atoms with Gasteiger partial charge in [0.2, 0.25) is 0 Å². The van der Waals surface area contributed by atoms with E-state index in [1.807, 2.05) is 0 Å². The van der Waals surface area contributed by atoms with E-state index in [0.29, 0.717) is 4.90 Å². The molecule has 0 aliphatic carbocycles. The average molecular weight is 222 g/mol. The van der Waals surface area contributed by atoms with Gasteiger partial charge in [-0.25, -0.2) is 0 Å². The molecule has 0 bridgehead atoms. The quantitative estimate of drug-likeness (QED) is 0.700. The average Bonchev–Trinajstić information content (AvgIpc) is 2.03. The lowest BCUT2D eigenvalue weighted by Gasteiger charge is -2.26. The maximum atomic E-state index is 12.4. The topological polar surface area (TPSA) is 20.2 Å². The van der Waals surface area contributed by atoms with Crippen LogP contribution in [-0.4, -0.2) is 11.3 Å². The highest BCUT2D eigenvalue weighted by atomic mass is 32.1. The molecular formula is C9H9F3OS. The van der Waals surface area contributed by atoms with Gasteiger partial charge in [0.25, 0.3) is 0 Å². The van der Waals surface area contributed by atoms with Crippen molar-refractivity contribution in [2.45, 2.75) is 23.6 Å². The zero-order chi connectivity index (χ0) is 11.0. The summed E-state index contributed by atoms with van der Waals surface area (Å²) in [6.07, 6.45) is -4.68. The minimum Gasteiger partial charge on any atom is -0.376 e. The molecule has 0 amide bonds. The van der Waals surface area contributed by atoms with Crippen molar-refractivity contribution in [3.8, 4) is 0 Å². The van der Waals surface area contributed by atoms with Crippen molar-refractivity contribution < 1.29 is 18.3 Å². The Morgan fingerprint density at radius 1 is 1.14 bits per heavy atom. The van der Waals surface area contributed by atoms with E-state index < -0.39 is 11.8 Å². The number of benzene rings is 1. The van der Waals surface area contributed by atoms with Crippen molar-refractivity contribution in [3.63, 3.8) is 0 Å². The van der Waals surface area contributed by atoms with Crippen molar-refractivity contribution in [2.75, 3.05) is 0 Å². The van der Waals surface area contributed by atoms with E-state index in [1.54, 1.807) is 0 Å². The first-order chi connectivity index (χ1) is 6.25. The molecule has 0 saturated carbocycles. The van der Waals surface area contributed by atoms with Crippen LogP contribution in [0.5, 0.6) is 0 Å². The monoisotopic (exact) mass is 222 g/mol. The first-order valence-corrected chi connectivity index (χ1v) is 4.28. The van der Waals surface area contributed by atoms with Crippen LogP contribution < -0.4 is 0 Å². The van der Waals surface area contributed by atoms with Crippen molar-refractivity contribution in [3.05, 3.63) is 29.8 Å². The Labute approximate surface area is 85.0 Å². The molecule has 5 heteroatoms. The molecule has 0 heterocycles. The van der Waals surface area contributed by atoms with E-state index in [0.717, 1.165) is 6.92 Å². The van der Waals surface area contributed by atoms with Gasteiger partial charge in [-0.1, -0.05) is 12.1 Å². The van der Waals surface area contributed by atoms with Crippen LogP contribution in [0.25, 0.3) is 0 Å². The fourth-order valence-corrected chi connectivity index (χ4v) is 1.10. The molecule has 0 aromatic heterocycles. The van der Waals surface area contributed by atoms with Crippen molar-refractivity contribution in [1.82, 2.24) is 0 Å². The summed E-state index contributed by atoms with van der Waals surface area (Å²) in [5.41, 5.74) is -3.00. The molecule has 0 unspecified atom stereocenters. The summed E-state index contributed by atoms with van der Waals surface area (Å²) in [7, 11) is 0. The van der Waals surface area contributed by atoms with Crippen LogP contribution in [0.3, 0.4) is 0 Å². The first-order valence-electron chi connectivity index (χ1n) is 3.84. The third kappa shape index (κ3) is 2.04. The van der Waals surface area contributed by atoms with Gasteiger partial charge in [0.1, 0.15) is 0 Å². The zero-order valence-electron chi connectivity index (χ0n) is 7.34. The molecule has 0 radical (unpaired) electrons. The van der Waals surface area contributed by atoms with Gasteiger partial charge in [0, 0.05) is 4.90 Å². The van der Waals surface area contributed by atoms with Crippen LogP contribution in [0.1, 0.15) is 12.5 Å². The molecule has 0 spiro atoms. The number of aliphatic hydroxyl groups is 1. The molecule has 1 aromatic carbocycles. The highest BCUT2D eigenvalue weighted by Gasteiger charge is 2.50. The Balaban J connectivity index is 3.10. The van der Waals surface area contributed by atoms with Crippen LogP contribution >= 0.6 is 12.6 Å². The Morgan fingerprint density at radius 2 is 1.57 bits per heavy atom. The van der Waals surface area contributed by atoms with Gasteiger partial charge in [0.05, 0.1) is 0 Å². The molecule has 1 rings (SSSR count). The van der Waals surface area contributed by atoms with Gasteiger partial charge in [0.15, 0.2) is 5.60 Å². The molecule has 0 aliphatic heterocycles. The second-order valence-electron chi connectivity index (χ2n) is 3.12. The maximum Gasteiger partial charge on any atom is 0.421 e. The summed E-state index contributed by atoms with van der Waals surface area (Å²) in [6.45, 7) is 0.723. The summed E-state index contributed by atoms with van der Waals surface area (Å²) in [6, 6.07) is 5.21. The molecule has 1 aromatic rings. The zero-order valence-corrected chi connectivity index (χ0v) is 8.23. The third-order valence-corrected chi connectivity index (χ3v) is 2.28. The third-order valence-electron chi connectivity index (χ3n) is 1.98. The predicted octanol–water partition coefficient (Wildman–Crippen LogP) is 2.75. The van der Waals surface area contributed by atoms with Crippen LogP contribution in [0.15, 0.2) is 29.2 Å². The minimum atomic E-state index is -4.68. The molecule has 78 valence electrons. The summed E-state index contributed by atoms with van der Waals surface area (Å²) < 4.78 is 37.1. The summed E-state index contributed by atoms with van der Waals surface area (Å²) in [4.78, 5) is 0.548. The minimum absolute atomic E-state index is 0.192. The highest BCUT2D eigenvalue weighted by Crippen LogP contribution is 2.38. The number of halogens is 3. The number of thiol groups is 1. The van der Waals surface area contributed by atoms with Crippen molar-refractivity contribution in [2.24, 2.45) is 0 Å². The molecule has 0 saturated heterocycles. The van der Waals surface area contributed by atoms with Crippen molar-refractivity contribution in [1.29, 1.82) is 0 Å². The Bertz CT molecular complexity index is 316. The van der Waals surface area contributed by atoms with Crippen LogP contribution in [0.2, 0.25) is 0 Å². The Morgan fingerprint density at radius 3 is 1.93 bits per heavy atom. The molecule has 1 atom stereocenters. The lowest BCUT2D eigenvalue weighted by molar-refractivity contribution is -0.258. The fourth-order valence-electron chi connectivity index (χ4n) is 0.950. The lowest BCUT2D eigenvalue weighted by atomic mass is 9.96. The van der Waals surface area contributed by atoms with Gasteiger partial charge in [-0.2, -0.15) is 13.2 Å². The molecular weight excluding hydrogens is 213 g/mol. The van der Waals surface area contributed by atoms with Crippen molar-refractivity contribution >= 4 is 12.6 Å². The van der Waals surface area contributed by atoms with E-state index in [1.165, 1.54) is 24.3 Å². The SMILES string of the molecule is C[C@](O)(c1ccc(S)cc1)C(F)(F)F. The molecule has 1 nitrogen and oxygen atoms in total. The van der Waals surface area contributed by atoms with E-state index in [4.69, 9.17) is 0 Å². The second-order valence-corrected chi connectivity index (χ2v) is 3.63. The highest BCUT2D eigenvalue weighted by molar-refractivity contribution is 7.80. The lowest BCUT2D eigenvalue weighted by Crippen LogP contribution is -2.39. The summed E-state index contributed by atoms with van der Waals surface area (Å²) in [5, 5.41) is 9.26. The molecule has 0 fully saturated rings. The van der Waals surface area contributed by atoms with Gasteiger partial charge in [-0.15, -0.1) is 12.6 Å². The number of hydrogen-bond donors (Lipinski definition) is 2. The van der Waals surface area contributed by atoms with Crippen LogP contribution in [-0.2, 0) is 5.60 Å². The first kappa shape index (κ1) is 11.4. The summed E-state index contributed by atoms with van der Waals surface area (Å²) in [5.74, 6) is 0. The second kappa shape index (κ2) is 3.47. The maximum absolute atomic E-state index is 12.4.